The summed E-state index contributed by atoms with van der Waals surface area (Å²) in [5, 5.41) is 11.5. The predicted octanol–water partition coefficient (Wildman–Crippen LogP) is 0.388. The number of carbonyl (C=O) groups excluding carboxylic acids is 1. The Balaban J connectivity index is 1.85. The number of pyridine rings is 1. The Morgan fingerprint density at radius 3 is 2.67 bits per heavy atom. The van der Waals surface area contributed by atoms with Gasteiger partial charge in [0.15, 0.2) is 0 Å². The number of benzene rings is 1. The van der Waals surface area contributed by atoms with Crippen molar-refractivity contribution < 1.29 is 22.7 Å². The smallest absolute Gasteiger partial charge is 0.251 e. The molecule has 1 amide bonds. The third kappa shape index (κ3) is 4.68. The van der Waals surface area contributed by atoms with Crippen LogP contribution in [0.5, 0.6) is 5.75 Å². The van der Waals surface area contributed by atoms with Gasteiger partial charge in [-0.3, -0.25) is 9.59 Å². The number of carbonyl (C=O) groups is 1. The summed E-state index contributed by atoms with van der Waals surface area (Å²) >= 11 is 0. The van der Waals surface area contributed by atoms with Crippen LogP contribution in [0, 0.1) is 11.3 Å². The molecule has 10 nitrogen and oxygen atoms in total. The monoisotopic (exact) mass is 432 g/mol. The van der Waals surface area contributed by atoms with Crippen LogP contribution in [0.15, 0.2) is 46.2 Å². The maximum atomic E-state index is 12.9. The Hall–Kier alpha value is -3.20. The first kappa shape index (κ1) is 21.5. The van der Waals surface area contributed by atoms with E-state index in [4.69, 9.17) is 14.7 Å². The SMILES string of the molecule is COc1ccc(S(=O)(=O)N2CCOCC2)cc1NC(=O)Cn1cc(C#N)ccc1=O. The lowest BCUT2D eigenvalue weighted by molar-refractivity contribution is -0.116. The van der Waals surface area contributed by atoms with Gasteiger partial charge in [-0.25, -0.2) is 8.42 Å². The van der Waals surface area contributed by atoms with Crippen LogP contribution >= 0.6 is 0 Å². The zero-order valence-corrected chi connectivity index (χ0v) is 17.0. The van der Waals surface area contributed by atoms with Gasteiger partial charge in [-0.15, -0.1) is 0 Å². The second kappa shape index (κ2) is 9.08. The fourth-order valence-electron chi connectivity index (χ4n) is 2.95. The number of methoxy groups -OCH3 is 1. The van der Waals surface area contributed by atoms with Crippen molar-refractivity contribution in [1.82, 2.24) is 8.87 Å². The largest absolute Gasteiger partial charge is 0.495 e. The van der Waals surface area contributed by atoms with Crippen molar-refractivity contribution >= 4 is 21.6 Å². The van der Waals surface area contributed by atoms with Crippen molar-refractivity contribution in [1.29, 1.82) is 5.26 Å². The van der Waals surface area contributed by atoms with E-state index in [9.17, 15) is 18.0 Å². The van der Waals surface area contributed by atoms with E-state index in [2.05, 4.69) is 5.32 Å². The van der Waals surface area contributed by atoms with E-state index in [1.54, 1.807) is 0 Å². The van der Waals surface area contributed by atoms with Crippen LogP contribution in [0.1, 0.15) is 5.56 Å². The van der Waals surface area contributed by atoms with E-state index in [-0.39, 0.29) is 41.5 Å². The lowest BCUT2D eigenvalue weighted by Crippen LogP contribution is -2.40. The molecule has 2 aromatic rings. The van der Waals surface area contributed by atoms with E-state index in [0.29, 0.717) is 13.2 Å². The molecule has 30 heavy (non-hydrogen) atoms. The van der Waals surface area contributed by atoms with Crippen molar-refractivity contribution in [3.8, 4) is 11.8 Å². The zero-order valence-electron chi connectivity index (χ0n) is 16.2. The van der Waals surface area contributed by atoms with Crippen molar-refractivity contribution in [3.05, 3.63) is 52.4 Å². The van der Waals surface area contributed by atoms with Gasteiger partial charge in [-0.05, 0) is 24.3 Å². The van der Waals surface area contributed by atoms with Crippen LogP contribution in [-0.4, -0.2) is 56.6 Å². The minimum atomic E-state index is -3.76. The molecule has 0 radical (unpaired) electrons. The van der Waals surface area contributed by atoms with Crippen molar-refractivity contribution in [2.24, 2.45) is 0 Å². The topological polar surface area (TPSA) is 131 Å². The number of amides is 1. The lowest BCUT2D eigenvalue weighted by atomic mass is 10.3. The Labute approximate surface area is 173 Å². The summed E-state index contributed by atoms with van der Waals surface area (Å²) in [6.07, 6.45) is 1.28. The average Bonchev–Trinajstić information content (AvgIpc) is 2.75. The van der Waals surface area contributed by atoms with Gasteiger partial charge in [-0.2, -0.15) is 9.57 Å². The molecule has 1 aromatic heterocycles. The molecule has 0 bridgehead atoms. The molecule has 0 atom stereocenters. The highest BCUT2D eigenvalue weighted by Crippen LogP contribution is 2.29. The number of hydrogen-bond acceptors (Lipinski definition) is 7. The first-order valence-corrected chi connectivity index (χ1v) is 10.5. The fourth-order valence-corrected chi connectivity index (χ4v) is 4.38. The van der Waals surface area contributed by atoms with Crippen LogP contribution in [0.25, 0.3) is 0 Å². The fraction of sp³-hybridized carbons (Fsp3) is 0.316. The molecule has 0 unspecified atom stereocenters. The molecule has 0 aliphatic carbocycles. The van der Waals surface area contributed by atoms with Gasteiger partial charge in [0.25, 0.3) is 5.56 Å². The molecule has 1 saturated heterocycles. The lowest BCUT2D eigenvalue weighted by Gasteiger charge is -2.26. The summed E-state index contributed by atoms with van der Waals surface area (Å²) < 4.78 is 38.6. The van der Waals surface area contributed by atoms with Gasteiger partial charge in [0.2, 0.25) is 15.9 Å². The molecule has 1 aliphatic rings. The molecular weight excluding hydrogens is 412 g/mol. The zero-order chi connectivity index (χ0) is 21.7. The number of nitrogens with zero attached hydrogens (tertiary/aromatic N) is 3. The van der Waals surface area contributed by atoms with Crippen LogP contribution in [0.2, 0.25) is 0 Å². The Bertz CT molecular complexity index is 1150. The first-order valence-electron chi connectivity index (χ1n) is 9.01. The van der Waals surface area contributed by atoms with Gasteiger partial charge in [0.1, 0.15) is 18.4 Å². The molecule has 0 spiro atoms. The number of hydrogen-bond donors (Lipinski definition) is 1. The van der Waals surface area contributed by atoms with Crippen LogP contribution in [0.4, 0.5) is 5.69 Å². The molecule has 1 aromatic carbocycles. The van der Waals surface area contributed by atoms with Crippen LogP contribution < -0.4 is 15.6 Å². The standard InChI is InChI=1S/C19H20N4O6S/c1-28-17-4-3-15(30(26,27)23-6-8-29-9-7-23)10-16(17)21-18(24)13-22-12-14(11-20)2-5-19(22)25/h2-5,10,12H,6-9,13H2,1H3,(H,21,24). The van der Waals surface area contributed by atoms with Crippen molar-refractivity contribution in [2.75, 3.05) is 38.7 Å². The molecule has 0 saturated carbocycles. The number of ether oxygens (including phenoxy) is 2. The second-order valence-corrected chi connectivity index (χ2v) is 8.36. The average molecular weight is 432 g/mol. The quantitative estimate of drug-likeness (QED) is 0.698. The summed E-state index contributed by atoms with van der Waals surface area (Å²) in [6.45, 7) is 0.769. The molecule has 1 aliphatic heterocycles. The van der Waals surface area contributed by atoms with Gasteiger partial charge < -0.3 is 19.4 Å². The molecule has 1 N–H and O–H groups in total. The van der Waals surface area contributed by atoms with Crippen molar-refractivity contribution in [3.63, 3.8) is 0 Å². The maximum Gasteiger partial charge on any atom is 0.251 e. The summed E-state index contributed by atoms with van der Waals surface area (Å²) in [6, 6.07) is 8.62. The molecule has 1 fully saturated rings. The van der Waals surface area contributed by atoms with E-state index < -0.39 is 21.5 Å². The molecule has 11 heteroatoms. The number of anilines is 1. The minimum absolute atomic E-state index is 0.00384. The van der Waals surface area contributed by atoms with Gasteiger partial charge in [0, 0.05) is 25.4 Å². The molecule has 3 rings (SSSR count). The number of sulfonamides is 1. The summed E-state index contributed by atoms with van der Waals surface area (Å²) in [4.78, 5) is 24.4. The van der Waals surface area contributed by atoms with Crippen LogP contribution in [-0.2, 0) is 26.1 Å². The Morgan fingerprint density at radius 2 is 2.00 bits per heavy atom. The summed E-state index contributed by atoms with van der Waals surface area (Å²) in [5.41, 5.74) is -0.0559. The second-order valence-electron chi connectivity index (χ2n) is 6.42. The number of aromatic nitrogens is 1. The number of nitriles is 1. The molecule has 2 heterocycles. The number of morpholine rings is 1. The number of rotatable bonds is 6. The van der Waals surface area contributed by atoms with Crippen molar-refractivity contribution in [2.45, 2.75) is 11.4 Å². The van der Waals surface area contributed by atoms with E-state index in [0.717, 1.165) is 4.57 Å². The Kier molecular flexibility index (Phi) is 6.51. The third-order valence-electron chi connectivity index (χ3n) is 4.48. The maximum absolute atomic E-state index is 12.9. The normalized spacial score (nSPS) is 14.7. The summed E-state index contributed by atoms with van der Waals surface area (Å²) in [7, 11) is -2.37. The van der Waals surface area contributed by atoms with Gasteiger partial charge in [0.05, 0.1) is 36.5 Å². The highest BCUT2D eigenvalue weighted by molar-refractivity contribution is 7.89. The van der Waals surface area contributed by atoms with Gasteiger partial charge >= 0.3 is 0 Å². The first-order chi connectivity index (χ1) is 14.3. The Morgan fingerprint density at radius 1 is 1.27 bits per heavy atom. The predicted molar refractivity (Wildman–Crippen MR) is 107 cm³/mol. The van der Waals surface area contributed by atoms with Crippen LogP contribution in [0.3, 0.4) is 0 Å². The molecular formula is C19H20N4O6S. The van der Waals surface area contributed by atoms with E-state index >= 15 is 0 Å². The van der Waals surface area contributed by atoms with E-state index in [1.165, 1.54) is 47.9 Å². The van der Waals surface area contributed by atoms with Gasteiger partial charge in [-0.1, -0.05) is 0 Å². The minimum Gasteiger partial charge on any atom is -0.495 e. The highest BCUT2D eigenvalue weighted by Gasteiger charge is 2.27. The van der Waals surface area contributed by atoms with E-state index in [1.807, 2.05) is 6.07 Å². The highest BCUT2D eigenvalue weighted by atomic mass is 32.2. The molecule has 158 valence electrons. The number of nitrogens with one attached hydrogen (secondary N) is 1. The third-order valence-corrected chi connectivity index (χ3v) is 6.37. The summed E-state index contributed by atoms with van der Waals surface area (Å²) in [5.74, 6) is -0.311.